The zero-order valence-corrected chi connectivity index (χ0v) is 18.5. The zero-order chi connectivity index (χ0) is 22.8. The van der Waals surface area contributed by atoms with Crippen LogP contribution in [0.2, 0.25) is 5.02 Å². The molecule has 1 aromatic carbocycles. The van der Waals surface area contributed by atoms with E-state index in [2.05, 4.69) is 9.71 Å². The number of carbonyl (C=O) groups is 3. The van der Waals surface area contributed by atoms with E-state index in [1.807, 2.05) is 0 Å². The number of Topliss-reactive ketones (excluding diaryl/α,β-unsaturated/α-hetero) is 1. The molecule has 0 radical (unpaired) electrons. The number of nitrogens with one attached hydrogen (secondary N) is 2. The fourth-order valence-corrected chi connectivity index (χ4v) is 3.78. The lowest BCUT2D eigenvalue weighted by atomic mass is 10.1. The summed E-state index contributed by atoms with van der Waals surface area (Å²) in [5.74, 6) is -2.14. The number of halogens is 1. The minimum atomic E-state index is -3.81. The van der Waals surface area contributed by atoms with Gasteiger partial charge in [-0.2, -0.15) is 0 Å². The molecule has 0 aliphatic heterocycles. The Morgan fingerprint density at radius 3 is 2.37 bits per heavy atom. The Morgan fingerprint density at radius 1 is 1.17 bits per heavy atom. The number of sulfonamides is 1. The number of esters is 2. The third-order valence-corrected chi connectivity index (χ3v) is 6.20. The summed E-state index contributed by atoms with van der Waals surface area (Å²) in [6, 6.07) is 3.54. The fourth-order valence-electron chi connectivity index (χ4n) is 2.83. The molecule has 0 fully saturated rings. The molecule has 2 rings (SSSR count). The zero-order valence-electron chi connectivity index (χ0n) is 17.0. The van der Waals surface area contributed by atoms with Crippen LogP contribution in [0, 0.1) is 13.8 Å². The first-order valence-corrected chi connectivity index (χ1v) is 10.6. The molecule has 1 unspecified atom stereocenters. The summed E-state index contributed by atoms with van der Waals surface area (Å²) in [7, 11) is -1.35. The number of H-pyrrole nitrogens is 1. The Balaban J connectivity index is 2.30. The van der Waals surface area contributed by atoms with Crippen molar-refractivity contribution < 1.29 is 32.3 Å². The van der Waals surface area contributed by atoms with E-state index < -0.39 is 33.8 Å². The van der Waals surface area contributed by atoms with E-state index in [0.717, 1.165) is 6.07 Å². The van der Waals surface area contributed by atoms with Crippen molar-refractivity contribution in [1.82, 2.24) is 9.71 Å². The normalized spacial score (nSPS) is 12.3. The molecule has 0 saturated carbocycles. The second-order valence-corrected chi connectivity index (χ2v) is 8.67. The summed E-state index contributed by atoms with van der Waals surface area (Å²) in [5.41, 5.74) is 0.933. The van der Waals surface area contributed by atoms with Gasteiger partial charge >= 0.3 is 11.9 Å². The lowest BCUT2D eigenvalue weighted by Crippen LogP contribution is -2.26. The molecule has 0 spiro atoms. The fraction of sp³-hybridized carbons (Fsp3) is 0.316. The first kappa shape index (κ1) is 23.6. The Bertz CT molecular complexity index is 1120. The Labute approximate surface area is 178 Å². The average Bonchev–Trinajstić information content (AvgIpc) is 3.00. The molecular weight excluding hydrogens is 436 g/mol. The lowest BCUT2D eigenvalue weighted by molar-refractivity contribution is 0.0316. The van der Waals surface area contributed by atoms with Gasteiger partial charge in [-0.1, -0.05) is 11.6 Å². The number of hydrogen-bond acceptors (Lipinski definition) is 7. The molecule has 0 bridgehead atoms. The van der Waals surface area contributed by atoms with E-state index >= 15 is 0 Å². The summed E-state index contributed by atoms with van der Waals surface area (Å²) in [6.45, 7) is 4.54. The van der Waals surface area contributed by atoms with E-state index in [-0.39, 0.29) is 26.7 Å². The highest BCUT2D eigenvalue weighted by Gasteiger charge is 2.28. The lowest BCUT2D eigenvalue weighted by Gasteiger charge is -2.13. The van der Waals surface area contributed by atoms with Gasteiger partial charge in [0.1, 0.15) is 0 Å². The molecule has 0 aliphatic rings. The number of aryl methyl sites for hydroxylation is 1. The second kappa shape index (κ2) is 8.99. The summed E-state index contributed by atoms with van der Waals surface area (Å²) in [5, 5.41) is -0.0328. The summed E-state index contributed by atoms with van der Waals surface area (Å²) in [4.78, 5) is 39.8. The van der Waals surface area contributed by atoms with Crippen molar-refractivity contribution in [2.75, 3.05) is 14.2 Å². The summed E-state index contributed by atoms with van der Waals surface area (Å²) < 4.78 is 35.9. The van der Waals surface area contributed by atoms with Crippen molar-refractivity contribution in [3.8, 4) is 0 Å². The molecule has 30 heavy (non-hydrogen) atoms. The monoisotopic (exact) mass is 456 g/mol. The molecule has 11 heteroatoms. The molecule has 9 nitrogen and oxygen atoms in total. The molecule has 0 saturated heterocycles. The number of aromatic nitrogens is 1. The molecule has 2 aromatic rings. The van der Waals surface area contributed by atoms with Gasteiger partial charge in [0, 0.05) is 5.69 Å². The van der Waals surface area contributed by atoms with Crippen LogP contribution in [0.1, 0.15) is 49.4 Å². The third kappa shape index (κ3) is 4.55. The van der Waals surface area contributed by atoms with Crippen LogP contribution in [0.25, 0.3) is 0 Å². The number of hydrogen-bond donors (Lipinski definition) is 2. The minimum absolute atomic E-state index is 0.0328. The summed E-state index contributed by atoms with van der Waals surface area (Å²) in [6.07, 6.45) is -1.24. The number of carbonyl (C=O) groups excluding carboxylic acids is 3. The van der Waals surface area contributed by atoms with Gasteiger partial charge in [-0.15, -0.1) is 0 Å². The highest BCUT2D eigenvalue weighted by Crippen LogP contribution is 2.24. The van der Waals surface area contributed by atoms with Gasteiger partial charge in [0.15, 0.2) is 6.10 Å². The van der Waals surface area contributed by atoms with E-state index in [9.17, 15) is 22.8 Å². The van der Waals surface area contributed by atoms with E-state index in [4.69, 9.17) is 21.1 Å². The molecular formula is C19H21ClN2O7S. The van der Waals surface area contributed by atoms with Crippen molar-refractivity contribution in [2.24, 2.45) is 0 Å². The van der Waals surface area contributed by atoms with E-state index in [1.54, 1.807) is 13.8 Å². The van der Waals surface area contributed by atoms with Crippen molar-refractivity contribution in [2.45, 2.75) is 31.8 Å². The molecule has 0 amide bonds. The van der Waals surface area contributed by atoms with Crippen LogP contribution >= 0.6 is 11.6 Å². The smallest absolute Gasteiger partial charge is 0.340 e. The van der Waals surface area contributed by atoms with Crippen molar-refractivity contribution >= 4 is 39.3 Å². The topological polar surface area (TPSA) is 132 Å². The first-order valence-electron chi connectivity index (χ1n) is 8.70. The SMILES string of the molecule is CNS(=O)(=O)c1ccc(Cl)c(C(=O)OC(C)C(=O)c2[nH]c(C)c(C(=O)OC)c2C)c1. The van der Waals surface area contributed by atoms with Gasteiger partial charge in [-0.05, 0) is 51.6 Å². The molecule has 0 aliphatic carbocycles. The second-order valence-electron chi connectivity index (χ2n) is 6.38. The maximum absolute atomic E-state index is 12.8. The summed E-state index contributed by atoms with van der Waals surface area (Å²) >= 11 is 6.01. The quantitative estimate of drug-likeness (QED) is 0.483. The Hall–Kier alpha value is -2.69. The number of benzene rings is 1. The van der Waals surface area contributed by atoms with Crippen molar-refractivity contribution in [1.29, 1.82) is 0 Å². The third-order valence-electron chi connectivity index (χ3n) is 4.46. The molecule has 162 valence electrons. The van der Waals surface area contributed by atoms with Crippen LogP contribution in [-0.4, -0.2) is 51.4 Å². The van der Waals surface area contributed by atoms with Crippen LogP contribution in [0.3, 0.4) is 0 Å². The van der Waals surface area contributed by atoms with Crippen LogP contribution in [-0.2, 0) is 19.5 Å². The number of methoxy groups -OCH3 is 1. The highest BCUT2D eigenvalue weighted by atomic mass is 35.5. The van der Waals surface area contributed by atoms with Crippen LogP contribution in [0.4, 0.5) is 0 Å². The van der Waals surface area contributed by atoms with E-state index in [0.29, 0.717) is 11.3 Å². The molecule has 1 atom stereocenters. The molecule has 1 aromatic heterocycles. The number of rotatable bonds is 7. The predicted octanol–water partition coefficient (Wildman–Crippen LogP) is 2.41. The van der Waals surface area contributed by atoms with Gasteiger partial charge < -0.3 is 14.5 Å². The minimum Gasteiger partial charge on any atom is -0.465 e. The first-order chi connectivity index (χ1) is 13.9. The Morgan fingerprint density at radius 2 is 1.80 bits per heavy atom. The maximum Gasteiger partial charge on any atom is 0.340 e. The van der Waals surface area contributed by atoms with Crippen LogP contribution in [0.15, 0.2) is 23.1 Å². The number of ether oxygens (including phenoxy) is 2. The molecule has 2 N–H and O–H groups in total. The standard InChI is InChI=1S/C19H21ClN2O7S/c1-9-15(19(25)28-5)10(2)22-16(9)17(23)11(3)29-18(24)13-8-12(6-7-14(13)20)30(26,27)21-4/h6-8,11,21-22H,1-5H3. The van der Waals surface area contributed by atoms with Crippen LogP contribution in [0.5, 0.6) is 0 Å². The van der Waals surface area contributed by atoms with Crippen molar-refractivity contribution in [3.63, 3.8) is 0 Å². The average molecular weight is 457 g/mol. The van der Waals surface area contributed by atoms with E-state index in [1.165, 1.54) is 33.2 Å². The van der Waals surface area contributed by atoms with Gasteiger partial charge in [0.05, 0.1) is 33.8 Å². The van der Waals surface area contributed by atoms with Gasteiger partial charge in [-0.3, -0.25) is 4.79 Å². The number of aromatic amines is 1. The number of ketones is 1. The van der Waals surface area contributed by atoms with Gasteiger partial charge in [0.2, 0.25) is 15.8 Å². The van der Waals surface area contributed by atoms with Gasteiger partial charge in [-0.25, -0.2) is 22.7 Å². The van der Waals surface area contributed by atoms with Gasteiger partial charge in [0.25, 0.3) is 0 Å². The van der Waals surface area contributed by atoms with Crippen LogP contribution < -0.4 is 4.72 Å². The molecule has 1 heterocycles. The largest absolute Gasteiger partial charge is 0.465 e. The Kier molecular flexibility index (Phi) is 7.06. The maximum atomic E-state index is 12.8. The highest BCUT2D eigenvalue weighted by molar-refractivity contribution is 7.89. The predicted molar refractivity (Wildman–Crippen MR) is 109 cm³/mol. The van der Waals surface area contributed by atoms with Crippen molar-refractivity contribution in [3.05, 3.63) is 51.3 Å².